The monoisotopic (exact) mass is 300 g/mol. The van der Waals surface area contributed by atoms with E-state index in [0.717, 1.165) is 0 Å². The number of aromatic nitrogens is 1. The first-order valence-corrected chi connectivity index (χ1v) is 8.20. The van der Waals surface area contributed by atoms with Crippen molar-refractivity contribution in [3.05, 3.63) is 12.1 Å². The number of hydrogen-bond acceptors (Lipinski definition) is 6. The summed E-state index contributed by atoms with van der Waals surface area (Å²) in [7, 11) is -1.83. The van der Waals surface area contributed by atoms with Gasteiger partial charge in [-0.15, -0.1) is 0 Å². The Morgan fingerprint density at radius 3 is 2.85 bits per heavy atom. The minimum Gasteiger partial charge on any atom is -0.476 e. The molecule has 0 saturated heterocycles. The third-order valence-electron chi connectivity index (χ3n) is 3.03. The zero-order chi connectivity index (χ0) is 14.6. The van der Waals surface area contributed by atoms with Crippen molar-refractivity contribution in [3.8, 4) is 5.88 Å². The molecule has 1 aromatic heterocycles. The summed E-state index contributed by atoms with van der Waals surface area (Å²) in [5.41, 5.74) is 6.28. The fourth-order valence-electron chi connectivity index (χ4n) is 1.56. The maximum atomic E-state index is 11.3. The highest BCUT2D eigenvalue weighted by Gasteiger charge is 2.22. The smallest absolute Gasteiger partial charge is 0.239 e. The van der Waals surface area contributed by atoms with Crippen LogP contribution in [0, 0.1) is 5.92 Å². The highest BCUT2D eigenvalue weighted by molar-refractivity contribution is 7.89. The summed E-state index contributed by atoms with van der Waals surface area (Å²) in [6.45, 7) is 0.900. The lowest BCUT2D eigenvalue weighted by Gasteiger charge is -2.10. The quantitative estimate of drug-likeness (QED) is 0.642. The summed E-state index contributed by atoms with van der Waals surface area (Å²) >= 11 is 0. The minimum absolute atomic E-state index is 0.0200. The van der Waals surface area contributed by atoms with Gasteiger partial charge in [0.05, 0.1) is 18.0 Å². The number of rotatable bonds is 8. The molecule has 0 amide bonds. The fourth-order valence-corrected chi connectivity index (χ4v) is 2.14. The van der Waals surface area contributed by atoms with Gasteiger partial charge in [-0.2, -0.15) is 4.98 Å². The Balaban J connectivity index is 1.89. The van der Waals surface area contributed by atoms with Gasteiger partial charge in [-0.05, 0) is 37.9 Å². The van der Waals surface area contributed by atoms with Gasteiger partial charge < -0.3 is 15.8 Å². The molecule has 4 N–H and O–H groups in total. The summed E-state index contributed by atoms with van der Waals surface area (Å²) in [4.78, 5) is 4.24. The van der Waals surface area contributed by atoms with E-state index in [1.807, 2.05) is 0 Å². The highest BCUT2D eigenvalue weighted by Crippen LogP contribution is 2.30. The van der Waals surface area contributed by atoms with Crippen molar-refractivity contribution in [3.63, 3.8) is 0 Å². The van der Waals surface area contributed by atoms with Gasteiger partial charge in [0, 0.05) is 6.54 Å². The average molecular weight is 300 g/mol. The Morgan fingerprint density at radius 2 is 2.20 bits per heavy atom. The number of pyridine rings is 1. The van der Waals surface area contributed by atoms with Crippen molar-refractivity contribution < 1.29 is 13.2 Å². The highest BCUT2D eigenvalue weighted by atomic mass is 32.2. The fraction of sp³-hybridized carbons (Fsp3) is 0.583. The first-order valence-electron chi connectivity index (χ1n) is 6.54. The number of anilines is 2. The van der Waals surface area contributed by atoms with Gasteiger partial charge in [0.1, 0.15) is 5.82 Å². The third-order valence-corrected chi connectivity index (χ3v) is 4.39. The van der Waals surface area contributed by atoms with Gasteiger partial charge in [0.2, 0.25) is 15.9 Å². The molecule has 112 valence electrons. The molecule has 1 aliphatic rings. The SMILES string of the molecule is CNS(=O)(=O)CCNc1ccc(N)c(OCC2CC2)n1. The lowest BCUT2D eigenvalue weighted by Crippen LogP contribution is -2.26. The molecule has 7 nitrogen and oxygen atoms in total. The van der Waals surface area contributed by atoms with Crippen LogP contribution in [0.2, 0.25) is 0 Å². The molecular formula is C12H20N4O3S. The zero-order valence-electron chi connectivity index (χ0n) is 11.4. The van der Waals surface area contributed by atoms with E-state index < -0.39 is 10.0 Å². The van der Waals surface area contributed by atoms with Crippen LogP contribution in [0.1, 0.15) is 12.8 Å². The maximum Gasteiger partial charge on any atom is 0.239 e. The summed E-state index contributed by atoms with van der Waals surface area (Å²) in [6, 6.07) is 3.40. The molecular weight excluding hydrogens is 280 g/mol. The predicted octanol–water partition coefficient (Wildman–Crippen LogP) is 0.414. The van der Waals surface area contributed by atoms with Crippen LogP contribution in [-0.2, 0) is 10.0 Å². The lowest BCUT2D eigenvalue weighted by molar-refractivity contribution is 0.290. The molecule has 1 aliphatic carbocycles. The summed E-state index contributed by atoms with van der Waals surface area (Å²) in [5.74, 6) is 1.55. The van der Waals surface area contributed by atoms with Crippen molar-refractivity contribution >= 4 is 21.5 Å². The summed E-state index contributed by atoms with van der Waals surface area (Å²) < 4.78 is 30.4. The van der Waals surface area contributed by atoms with E-state index in [-0.39, 0.29) is 12.3 Å². The van der Waals surface area contributed by atoms with Crippen LogP contribution in [0.5, 0.6) is 5.88 Å². The molecule has 0 aromatic carbocycles. The van der Waals surface area contributed by atoms with Gasteiger partial charge in [0.15, 0.2) is 0 Å². The topological polar surface area (TPSA) is 106 Å². The second-order valence-corrected chi connectivity index (χ2v) is 6.84. The van der Waals surface area contributed by atoms with Crippen LogP contribution in [0.25, 0.3) is 0 Å². The van der Waals surface area contributed by atoms with E-state index in [1.54, 1.807) is 12.1 Å². The van der Waals surface area contributed by atoms with Crippen LogP contribution in [0.15, 0.2) is 12.1 Å². The number of ether oxygens (including phenoxy) is 1. The molecule has 1 fully saturated rings. The van der Waals surface area contributed by atoms with E-state index in [2.05, 4.69) is 15.0 Å². The van der Waals surface area contributed by atoms with Crippen molar-refractivity contribution in [2.45, 2.75) is 12.8 Å². The number of sulfonamides is 1. The second-order valence-electron chi connectivity index (χ2n) is 4.80. The normalized spacial score (nSPS) is 15.1. The molecule has 20 heavy (non-hydrogen) atoms. The van der Waals surface area contributed by atoms with Crippen LogP contribution in [0.4, 0.5) is 11.5 Å². The van der Waals surface area contributed by atoms with Gasteiger partial charge >= 0.3 is 0 Å². The Bertz CT molecular complexity index is 558. The lowest BCUT2D eigenvalue weighted by atomic mass is 10.4. The van der Waals surface area contributed by atoms with Crippen molar-refractivity contribution in [1.82, 2.24) is 9.71 Å². The van der Waals surface area contributed by atoms with Crippen molar-refractivity contribution in [1.29, 1.82) is 0 Å². The molecule has 0 spiro atoms. The zero-order valence-corrected chi connectivity index (χ0v) is 12.2. The van der Waals surface area contributed by atoms with Gasteiger partial charge in [-0.1, -0.05) is 0 Å². The van der Waals surface area contributed by atoms with E-state index in [4.69, 9.17) is 10.5 Å². The molecule has 0 unspecified atom stereocenters. The van der Waals surface area contributed by atoms with Gasteiger partial charge in [0.25, 0.3) is 0 Å². The van der Waals surface area contributed by atoms with E-state index in [9.17, 15) is 8.42 Å². The molecule has 1 heterocycles. The first kappa shape index (κ1) is 14.9. The van der Waals surface area contributed by atoms with Crippen LogP contribution in [-0.4, -0.2) is 39.4 Å². The molecule has 1 aromatic rings. The second kappa shape index (κ2) is 6.27. The largest absolute Gasteiger partial charge is 0.476 e. The number of nitrogens with zero attached hydrogens (tertiary/aromatic N) is 1. The Hall–Kier alpha value is -1.54. The summed E-state index contributed by atoms with van der Waals surface area (Å²) in [5, 5.41) is 2.94. The predicted molar refractivity (Wildman–Crippen MR) is 78.2 cm³/mol. The van der Waals surface area contributed by atoms with E-state index in [0.29, 0.717) is 29.9 Å². The average Bonchev–Trinajstić information content (AvgIpc) is 3.23. The number of nitrogen functional groups attached to an aromatic ring is 1. The minimum atomic E-state index is -3.22. The standard InChI is InChI=1S/C12H20N4O3S/c1-14-20(17,18)7-6-15-11-5-4-10(13)12(16-11)19-8-9-2-3-9/h4-5,9,14H,2-3,6-8,13H2,1H3,(H,15,16). The maximum absolute atomic E-state index is 11.3. The van der Waals surface area contributed by atoms with E-state index >= 15 is 0 Å². The first-order chi connectivity index (χ1) is 9.50. The molecule has 0 bridgehead atoms. The van der Waals surface area contributed by atoms with Gasteiger partial charge in [-0.3, -0.25) is 0 Å². The van der Waals surface area contributed by atoms with E-state index in [1.165, 1.54) is 19.9 Å². The molecule has 1 saturated carbocycles. The molecule has 0 radical (unpaired) electrons. The van der Waals surface area contributed by atoms with Gasteiger partial charge in [-0.25, -0.2) is 13.1 Å². The third kappa shape index (κ3) is 4.53. The molecule has 0 atom stereocenters. The number of nitrogens with two attached hydrogens (primary N) is 1. The summed E-state index contributed by atoms with van der Waals surface area (Å²) in [6.07, 6.45) is 2.39. The van der Waals surface area contributed by atoms with Crippen molar-refractivity contribution in [2.24, 2.45) is 5.92 Å². The van der Waals surface area contributed by atoms with Crippen LogP contribution < -0.4 is 20.5 Å². The van der Waals surface area contributed by atoms with Crippen molar-refractivity contribution in [2.75, 3.05) is 37.0 Å². The molecule has 0 aliphatic heterocycles. The number of nitrogens with one attached hydrogen (secondary N) is 2. The van der Waals surface area contributed by atoms with Crippen LogP contribution in [0.3, 0.4) is 0 Å². The van der Waals surface area contributed by atoms with Crippen LogP contribution >= 0.6 is 0 Å². The molecule has 8 heteroatoms. The number of hydrogen-bond donors (Lipinski definition) is 3. The molecule has 2 rings (SSSR count). The Morgan fingerprint density at radius 1 is 1.45 bits per heavy atom. The Kier molecular flexibility index (Phi) is 4.66. The Labute approximate surface area is 119 Å².